The van der Waals surface area contributed by atoms with Crippen LogP contribution in [0.25, 0.3) is 10.2 Å². The first-order valence-electron chi connectivity index (χ1n) is 8.37. The summed E-state index contributed by atoms with van der Waals surface area (Å²) in [5, 5.41) is 4.21. The van der Waals surface area contributed by atoms with Crippen molar-refractivity contribution < 1.29 is 4.79 Å². The lowest BCUT2D eigenvalue weighted by atomic mass is 10.2. The topological polar surface area (TPSA) is 42.0 Å². The molecule has 0 saturated carbocycles. The van der Waals surface area contributed by atoms with Gasteiger partial charge in [0, 0.05) is 4.88 Å². The number of thioether (sulfide) groups is 1. The molecule has 1 atom stereocenters. The molecular weight excluding hydrogens is 368 g/mol. The number of rotatable bonds is 7. The third-order valence-corrected chi connectivity index (χ3v) is 7.04. The first-order valence-corrected chi connectivity index (χ1v) is 11.4. The Morgan fingerprint density at radius 1 is 1.32 bits per heavy atom. The van der Waals surface area contributed by atoms with Crippen LogP contribution >= 0.6 is 34.4 Å². The van der Waals surface area contributed by atoms with Crippen LogP contribution in [-0.2, 0) is 6.42 Å². The van der Waals surface area contributed by atoms with E-state index in [1.54, 1.807) is 34.4 Å². The van der Waals surface area contributed by atoms with E-state index in [0.29, 0.717) is 0 Å². The number of hydrogen-bond donors (Lipinski definition) is 1. The molecule has 2 heterocycles. The second-order valence-electron chi connectivity index (χ2n) is 5.87. The summed E-state index contributed by atoms with van der Waals surface area (Å²) in [4.78, 5) is 19.5. The monoisotopic (exact) mass is 390 g/mol. The molecule has 0 spiro atoms. The third kappa shape index (κ3) is 4.25. The van der Waals surface area contributed by atoms with Gasteiger partial charge in [0.05, 0.1) is 21.1 Å². The highest BCUT2D eigenvalue weighted by Crippen LogP contribution is 2.29. The van der Waals surface area contributed by atoms with Crippen molar-refractivity contribution in [2.45, 2.75) is 32.7 Å². The lowest BCUT2D eigenvalue weighted by Gasteiger charge is -2.15. The minimum absolute atomic E-state index is 0.0122. The molecule has 132 valence electrons. The van der Waals surface area contributed by atoms with E-state index >= 15 is 0 Å². The molecule has 0 aliphatic carbocycles. The Balaban J connectivity index is 1.83. The molecule has 0 saturated heterocycles. The van der Waals surface area contributed by atoms with Crippen LogP contribution in [0.3, 0.4) is 0 Å². The van der Waals surface area contributed by atoms with Crippen molar-refractivity contribution in [3.63, 3.8) is 0 Å². The molecule has 1 aromatic carbocycles. The number of para-hydroxylation sites is 1. The molecule has 0 unspecified atom stereocenters. The summed E-state index contributed by atoms with van der Waals surface area (Å²) in [5.74, 6) is 1.00. The molecule has 3 rings (SSSR count). The Morgan fingerprint density at radius 2 is 2.12 bits per heavy atom. The molecule has 1 amide bonds. The van der Waals surface area contributed by atoms with Gasteiger partial charge in [-0.15, -0.1) is 22.7 Å². The Kier molecular flexibility index (Phi) is 6.15. The quantitative estimate of drug-likeness (QED) is 0.583. The van der Waals surface area contributed by atoms with Crippen molar-refractivity contribution in [1.29, 1.82) is 0 Å². The van der Waals surface area contributed by atoms with Crippen LogP contribution in [0.4, 0.5) is 0 Å². The summed E-state index contributed by atoms with van der Waals surface area (Å²) < 4.78 is 1.17. The third-order valence-electron chi connectivity index (χ3n) is 4.15. The lowest BCUT2D eigenvalue weighted by molar-refractivity contribution is 0.0940. The van der Waals surface area contributed by atoms with Gasteiger partial charge in [0.25, 0.3) is 5.91 Å². The average molecular weight is 391 g/mol. The Labute approximate surface area is 160 Å². The first-order chi connectivity index (χ1) is 12.1. The van der Waals surface area contributed by atoms with Crippen LogP contribution in [0.2, 0.25) is 0 Å². The number of benzene rings is 1. The molecule has 0 aliphatic heterocycles. The number of carbonyl (C=O) groups is 1. The molecule has 2 aromatic heterocycles. The van der Waals surface area contributed by atoms with E-state index in [-0.39, 0.29) is 11.9 Å². The van der Waals surface area contributed by atoms with Gasteiger partial charge in [0.15, 0.2) is 0 Å². The molecule has 6 heteroatoms. The highest BCUT2D eigenvalue weighted by Gasteiger charge is 2.21. The number of aromatic nitrogens is 1. The van der Waals surface area contributed by atoms with Gasteiger partial charge in [-0.2, -0.15) is 11.8 Å². The fourth-order valence-corrected chi connectivity index (χ4v) is 5.29. The zero-order valence-corrected chi connectivity index (χ0v) is 17.1. The van der Waals surface area contributed by atoms with Crippen molar-refractivity contribution >= 4 is 50.6 Å². The van der Waals surface area contributed by atoms with Crippen molar-refractivity contribution in [1.82, 2.24) is 10.3 Å². The normalized spacial score (nSPS) is 12.4. The van der Waals surface area contributed by atoms with Gasteiger partial charge in [-0.25, -0.2) is 4.98 Å². The molecule has 0 bridgehead atoms. The second-order valence-corrected chi connectivity index (χ2v) is 9.18. The maximum absolute atomic E-state index is 12.8. The molecule has 3 aromatic rings. The standard InChI is InChI=1S/C19H22N2OS3/c1-4-13-11-17(24-12(13)2)18(22)20-15(9-10-23-3)19-21-14-7-5-6-8-16(14)25-19/h5-8,11,15H,4,9-10H2,1-3H3,(H,20,22)/t15-/m1/s1. The van der Waals surface area contributed by atoms with Crippen LogP contribution in [0.15, 0.2) is 30.3 Å². The molecule has 25 heavy (non-hydrogen) atoms. The number of nitrogens with zero attached hydrogens (tertiary/aromatic N) is 1. The van der Waals surface area contributed by atoms with E-state index in [1.807, 2.05) is 24.3 Å². The summed E-state index contributed by atoms with van der Waals surface area (Å²) >= 11 is 5.05. The van der Waals surface area contributed by atoms with E-state index in [1.165, 1.54) is 15.1 Å². The van der Waals surface area contributed by atoms with Crippen LogP contribution in [0.1, 0.15) is 44.5 Å². The molecule has 0 fully saturated rings. The van der Waals surface area contributed by atoms with E-state index < -0.39 is 0 Å². The van der Waals surface area contributed by atoms with Gasteiger partial charge in [-0.3, -0.25) is 4.79 Å². The summed E-state index contributed by atoms with van der Waals surface area (Å²) in [7, 11) is 0. The largest absolute Gasteiger partial charge is 0.342 e. The first kappa shape index (κ1) is 18.4. The minimum Gasteiger partial charge on any atom is -0.342 e. The number of nitrogens with one attached hydrogen (secondary N) is 1. The van der Waals surface area contributed by atoms with E-state index in [9.17, 15) is 4.79 Å². The maximum atomic E-state index is 12.8. The van der Waals surface area contributed by atoms with Crippen molar-refractivity contribution in [3.8, 4) is 0 Å². The number of thiazole rings is 1. The summed E-state index contributed by atoms with van der Waals surface area (Å²) in [6.45, 7) is 4.21. The fraction of sp³-hybridized carbons (Fsp3) is 0.368. The van der Waals surface area contributed by atoms with Crippen molar-refractivity contribution in [2.24, 2.45) is 0 Å². The molecule has 1 N–H and O–H groups in total. The Bertz CT molecular complexity index is 836. The van der Waals surface area contributed by atoms with E-state index in [4.69, 9.17) is 4.98 Å². The molecule has 0 radical (unpaired) electrons. The van der Waals surface area contributed by atoms with Crippen LogP contribution in [0, 0.1) is 6.92 Å². The summed E-state index contributed by atoms with van der Waals surface area (Å²) in [6.07, 6.45) is 3.94. The van der Waals surface area contributed by atoms with Crippen molar-refractivity contribution in [3.05, 3.63) is 50.7 Å². The van der Waals surface area contributed by atoms with Crippen LogP contribution in [0.5, 0.6) is 0 Å². The predicted molar refractivity (Wildman–Crippen MR) is 111 cm³/mol. The predicted octanol–water partition coefficient (Wildman–Crippen LogP) is 5.45. The number of carbonyl (C=O) groups excluding carboxylic acids is 1. The zero-order valence-electron chi connectivity index (χ0n) is 14.7. The molecule has 3 nitrogen and oxygen atoms in total. The highest BCUT2D eigenvalue weighted by atomic mass is 32.2. The van der Waals surface area contributed by atoms with Gasteiger partial charge >= 0.3 is 0 Å². The van der Waals surface area contributed by atoms with Gasteiger partial charge in [0.2, 0.25) is 0 Å². The van der Waals surface area contributed by atoms with Gasteiger partial charge in [-0.1, -0.05) is 19.1 Å². The number of hydrogen-bond acceptors (Lipinski definition) is 5. The molecular formula is C19H22N2OS3. The number of aryl methyl sites for hydroxylation is 2. The SMILES string of the molecule is CCc1cc(C(=O)N[C@H](CCSC)c2nc3ccccc3s2)sc1C. The Morgan fingerprint density at radius 3 is 2.80 bits per heavy atom. The van der Waals surface area contributed by atoms with E-state index in [0.717, 1.165) is 34.0 Å². The number of amides is 1. The maximum Gasteiger partial charge on any atom is 0.261 e. The smallest absolute Gasteiger partial charge is 0.261 e. The van der Waals surface area contributed by atoms with Gasteiger partial charge in [0.1, 0.15) is 5.01 Å². The molecule has 0 aliphatic rings. The highest BCUT2D eigenvalue weighted by molar-refractivity contribution is 7.98. The zero-order chi connectivity index (χ0) is 17.8. The number of thiophene rings is 1. The minimum atomic E-state index is -0.0372. The van der Waals surface area contributed by atoms with Crippen LogP contribution in [-0.4, -0.2) is 22.9 Å². The number of fused-ring (bicyclic) bond motifs is 1. The Hall–Kier alpha value is -1.37. The average Bonchev–Trinajstić information content (AvgIpc) is 3.21. The second kappa shape index (κ2) is 8.34. The van der Waals surface area contributed by atoms with Gasteiger partial charge < -0.3 is 5.32 Å². The van der Waals surface area contributed by atoms with Gasteiger partial charge in [-0.05, 0) is 55.5 Å². The van der Waals surface area contributed by atoms with E-state index in [2.05, 4.69) is 31.5 Å². The summed E-state index contributed by atoms with van der Waals surface area (Å²) in [6, 6.07) is 10.1. The summed E-state index contributed by atoms with van der Waals surface area (Å²) in [5.41, 5.74) is 2.27. The lowest BCUT2D eigenvalue weighted by Crippen LogP contribution is -2.28. The fourth-order valence-electron chi connectivity index (χ4n) is 2.74. The van der Waals surface area contributed by atoms with Crippen molar-refractivity contribution in [2.75, 3.05) is 12.0 Å². The van der Waals surface area contributed by atoms with Crippen LogP contribution < -0.4 is 5.32 Å².